The molecule has 13 heavy (non-hydrogen) atoms. The second-order valence-electron chi connectivity index (χ2n) is 2.89. The Hall–Kier alpha value is -1.06. The summed E-state index contributed by atoms with van der Waals surface area (Å²) in [4.78, 5) is 15.9. The van der Waals surface area contributed by atoms with Crippen LogP contribution in [-0.4, -0.2) is 5.91 Å². The van der Waals surface area contributed by atoms with E-state index < -0.39 is 0 Å². The van der Waals surface area contributed by atoms with E-state index >= 15 is 0 Å². The van der Waals surface area contributed by atoms with E-state index in [-0.39, 0.29) is 12.0 Å². The van der Waals surface area contributed by atoms with Crippen molar-refractivity contribution in [2.24, 2.45) is 0 Å². The first-order chi connectivity index (χ1) is 6.25. The van der Waals surface area contributed by atoms with Crippen molar-refractivity contribution in [3.05, 3.63) is 34.9 Å². The lowest BCUT2D eigenvalue weighted by atomic mass is 10.1. The van der Waals surface area contributed by atoms with Gasteiger partial charge in [0, 0.05) is 5.02 Å². The fraction of sp³-hybridized carbons (Fsp3) is 0.222. The van der Waals surface area contributed by atoms with Crippen LogP contribution < -0.4 is 5.48 Å². The van der Waals surface area contributed by atoms with Gasteiger partial charge in [-0.1, -0.05) is 23.7 Å². The minimum absolute atomic E-state index is 0.0834. The number of carbonyl (C=O) groups excluding carboxylic acids is 1. The fourth-order valence-electron chi connectivity index (χ4n) is 1.25. The van der Waals surface area contributed by atoms with Crippen LogP contribution in [0.15, 0.2) is 24.3 Å². The maximum Gasteiger partial charge on any atom is 0.246 e. The van der Waals surface area contributed by atoms with Crippen molar-refractivity contribution in [1.82, 2.24) is 5.48 Å². The Morgan fingerprint density at radius 2 is 2.08 bits per heavy atom. The summed E-state index contributed by atoms with van der Waals surface area (Å²) in [5.74, 6) is -0.0834. The molecule has 1 atom stereocenters. The lowest BCUT2D eigenvalue weighted by molar-refractivity contribution is -0.124. The number of hydrogen-bond donors (Lipinski definition) is 1. The van der Waals surface area contributed by atoms with Crippen LogP contribution in [0.4, 0.5) is 0 Å². The van der Waals surface area contributed by atoms with Gasteiger partial charge >= 0.3 is 0 Å². The highest BCUT2D eigenvalue weighted by Gasteiger charge is 2.24. The van der Waals surface area contributed by atoms with E-state index in [2.05, 4.69) is 5.48 Å². The molecule has 1 aliphatic heterocycles. The normalized spacial score (nSPS) is 21.6. The standard InChI is InChI=1S/C9H8ClNO2/c10-7-3-1-6(2-4-7)8-5-9(12)11-13-8/h1-4,8H,5H2,(H,11,12). The van der Waals surface area contributed by atoms with Crippen LogP contribution >= 0.6 is 11.6 Å². The van der Waals surface area contributed by atoms with Gasteiger partial charge in [0.05, 0.1) is 6.42 Å². The van der Waals surface area contributed by atoms with Gasteiger partial charge in [-0.25, -0.2) is 5.48 Å². The molecule has 0 spiro atoms. The first-order valence-electron chi connectivity index (χ1n) is 3.95. The van der Waals surface area contributed by atoms with Crippen LogP contribution in [-0.2, 0) is 9.63 Å². The van der Waals surface area contributed by atoms with Crippen LogP contribution in [0.1, 0.15) is 18.1 Å². The first kappa shape index (κ1) is 8.53. The topological polar surface area (TPSA) is 38.3 Å². The maximum absolute atomic E-state index is 10.8. The monoisotopic (exact) mass is 197 g/mol. The molecule has 0 bridgehead atoms. The van der Waals surface area contributed by atoms with Crippen LogP contribution in [0.3, 0.4) is 0 Å². The highest BCUT2D eigenvalue weighted by Crippen LogP contribution is 2.25. The number of amides is 1. The smallest absolute Gasteiger partial charge is 0.246 e. The summed E-state index contributed by atoms with van der Waals surface area (Å²) in [5.41, 5.74) is 3.27. The molecule has 0 saturated carbocycles. The second-order valence-corrected chi connectivity index (χ2v) is 3.32. The van der Waals surface area contributed by atoms with Gasteiger partial charge in [-0.3, -0.25) is 9.63 Å². The average molecular weight is 198 g/mol. The average Bonchev–Trinajstić information content (AvgIpc) is 2.53. The van der Waals surface area contributed by atoms with Crippen molar-refractivity contribution in [2.75, 3.05) is 0 Å². The second kappa shape index (κ2) is 3.36. The number of hydrogen-bond acceptors (Lipinski definition) is 2. The minimum atomic E-state index is -0.176. The lowest BCUT2D eigenvalue weighted by Gasteiger charge is -2.06. The van der Waals surface area contributed by atoms with Gasteiger partial charge in [0.1, 0.15) is 6.10 Å². The fourth-order valence-corrected chi connectivity index (χ4v) is 1.38. The van der Waals surface area contributed by atoms with Crippen LogP contribution in [0.25, 0.3) is 0 Å². The van der Waals surface area contributed by atoms with E-state index in [1.165, 1.54) is 0 Å². The third-order valence-electron chi connectivity index (χ3n) is 1.93. The summed E-state index contributed by atoms with van der Waals surface area (Å²) in [5, 5.41) is 0.682. The van der Waals surface area contributed by atoms with E-state index in [1.807, 2.05) is 12.1 Å². The Morgan fingerprint density at radius 1 is 1.38 bits per heavy atom. The maximum atomic E-state index is 10.8. The molecular weight excluding hydrogens is 190 g/mol. The molecule has 1 aromatic rings. The van der Waals surface area contributed by atoms with Crippen LogP contribution in [0.2, 0.25) is 5.02 Å². The predicted octanol–water partition coefficient (Wildman–Crippen LogP) is 1.83. The molecule has 1 N–H and O–H groups in total. The molecule has 3 nitrogen and oxygen atoms in total. The number of hydroxylamine groups is 1. The molecule has 0 aromatic heterocycles. The van der Waals surface area contributed by atoms with Crippen molar-refractivity contribution < 1.29 is 9.63 Å². The number of rotatable bonds is 1. The van der Waals surface area contributed by atoms with Gasteiger partial charge < -0.3 is 0 Å². The van der Waals surface area contributed by atoms with Gasteiger partial charge in [-0.15, -0.1) is 0 Å². The summed E-state index contributed by atoms with van der Waals surface area (Å²) in [7, 11) is 0. The van der Waals surface area contributed by atoms with E-state index in [4.69, 9.17) is 16.4 Å². The summed E-state index contributed by atoms with van der Waals surface area (Å²) in [6.07, 6.45) is 0.200. The molecule has 2 rings (SSSR count). The Bertz CT molecular complexity index is 323. The number of benzene rings is 1. The van der Waals surface area contributed by atoms with Crippen LogP contribution in [0.5, 0.6) is 0 Å². The Balaban J connectivity index is 2.17. The highest BCUT2D eigenvalue weighted by atomic mass is 35.5. The van der Waals surface area contributed by atoms with Crippen molar-refractivity contribution in [3.8, 4) is 0 Å². The summed E-state index contributed by atoms with van der Waals surface area (Å²) >= 11 is 5.72. The Morgan fingerprint density at radius 3 is 2.62 bits per heavy atom. The van der Waals surface area contributed by atoms with Crippen molar-refractivity contribution in [2.45, 2.75) is 12.5 Å². The quantitative estimate of drug-likeness (QED) is 0.746. The molecule has 1 heterocycles. The van der Waals surface area contributed by atoms with Gasteiger partial charge in [0.2, 0.25) is 5.91 Å². The Kier molecular flexibility index (Phi) is 2.20. The van der Waals surface area contributed by atoms with E-state index in [0.717, 1.165) is 5.56 Å². The van der Waals surface area contributed by atoms with E-state index in [9.17, 15) is 4.79 Å². The van der Waals surface area contributed by atoms with E-state index in [0.29, 0.717) is 11.4 Å². The number of carbonyl (C=O) groups is 1. The molecule has 0 radical (unpaired) electrons. The molecule has 1 aliphatic rings. The predicted molar refractivity (Wildman–Crippen MR) is 48.0 cm³/mol. The summed E-state index contributed by atoms with van der Waals surface area (Å²) in [6.45, 7) is 0. The zero-order chi connectivity index (χ0) is 9.26. The van der Waals surface area contributed by atoms with Gasteiger partial charge in [0.15, 0.2) is 0 Å². The van der Waals surface area contributed by atoms with E-state index in [1.54, 1.807) is 12.1 Å². The Labute approximate surface area is 80.6 Å². The first-order valence-corrected chi connectivity index (χ1v) is 4.33. The molecule has 1 amide bonds. The van der Waals surface area contributed by atoms with Crippen molar-refractivity contribution >= 4 is 17.5 Å². The SMILES string of the molecule is O=C1CC(c2ccc(Cl)cc2)ON1. The molecule has 4 heteroatoms. The molecule has 1 aromatic carbocycles. The number of halogens is 1. The molecule has 68 valence electrons. The summed E-state index contributed by atoms with van der Waals surface area (Å²) in [6, 6.07) is 7.27. The molecule has 0 aliphatic carbocycles. The van der Waals surface area contributed by atoms with Crippen molar-refractivity contribution in [3.63, 3.8) is 0 Å². The third kappa shape index (κ3) is 1.82. The van der Waals surface area contributed by atoms with Gasteiger partial charge in [-0.05, 0) is 17.7 Å². The summed E-state index contributed by atoms with van der Waals surface area (Å²) < 4.78 is 0. The molecule has 1 fully saturated rings. The lowest BCUT2D eigenvalue weighted by Crippen LogP contribution is -2.11. The van der Waals surface area contributed by atoms with Gasteiger partial charge in [-0.2, -0.15) is 0 Å². The molecule has 1 unspecified atom stereocenters. The zero-order valence-electron chi connectivity index (χ0n) is 6.79. The zero-order valence-corrected chi connectivity index (χ0v) is 7.54. The number of nitrogens with one attached hydrogen (secondary N) is 1. The van der Waals surface area contributed by atoms with Crippen LogP contribution in [0, 0.1) is 0 Å². The molecule has 1 saturated heterocycles. The van der Waals surface area contributed by atoms with Gasteiger partial charge in [0.25, 0.3) is 0 Å². The van der Waals surface area contributed by atoms with Crippen molar-refractivity contribution in [1.29, 1.82) is 0 Å². The minimum Gasteiger partial charge on any atom is -0.273 e. The highest BCUT2D eigenvalue weighted by molar-refractivity contribution is 6.30. The molecular formula is C9H8ClNO2. The largest absolute Gasteiger partial charge is 0.273 e. The third-order valence-corrected chi connectivity index (χ3v) is 2.18.